The fourth-order valence-electron chi connectivity index (χ4n) is 11.5. The molecule has 0 saturated carbocycles. The van der Waals surface area contributed by atoms with E-state index >= 15 is 0 Å². The standard InChI is InChI=1S/C65H127NO19P2/c1-6-10-14-18-21-24-27-28-29-30-33-37-41-45-54(68)50-57(69)66-58-61(80-49-46-53(67)44-40-36-17-13-9-4)60(84-86(71,72)73)56(51-77-5)83-64(58)81-52-55-59(70)62(78-47-42-38-34-31-25-22-19-15-11-7-2)63(65(82-55)85-87(74,75)76)79-48-43-39-35-32-26-23-20-16-12-8-3/h24,27,53-56,58-65,67-68,70H,6-23,25-26,28-52H2,1-5H3,(H,66,69)(H2,71,72,73)(H2,74,75,76)/b27-24-/t53-,54-,55-,56-,58-,59-,60-,61-,62+,63-,64-,65+/m1/s1. The van der Waals surface area contributed by atoms with Crippen LogP contribution in [0.5, 0.6) is 0 Å². The molecule has 0 aromatic rings. The Labute approximate surface area is 526 Å². The van der Waals surface area contributed by atoms with E-state index in [4.69, 9.17) is 42.2 Å². The molecular formula is C65H127NO19P2. The average molecular weight is 1290 g/mol. The van der Waals surface area contributed by atoms with Crippen LogP contribution in [0.25, 0.3) is 0 Å². The van der Waals surface area contributed by atoms with Gasteiger partial charge in [-0.2, -0.15) is 0 Å². The van der Waals surface area contributed by atoms with E-state index in [9.17, 15) is 48.8 Å². The van der Waals surface area contributed by atoms with Gasteiger partial charge in [0.15, 0.2) is 12.6 Å². The SMILES string of the molecule is CCCCCC/C=C\CCCCCCC[C@@H](O)CC(=O)N[C@H]1[C@H](OC[C@H]2O[C@@H](OP(=O)(O)O)[C@H](OCCCCCCCCCCCC)[C@@H](OCCCCCCCCCCCC)[C@@H]2O)O[C@H](COC)[C@@H](OP(=O)(O)O)[C@@H]1OCC[C@H](O)CCCCCCC. The molecule has 20 nitrogen and oxygen atoms in total. The van der Waals surface area contributed by atoms with Gasteiger partial charge < -0.3 is 73.4 Å². The number of amides is 1. The third kappa shape index (κ3) is 41.4. The van der Waals surface area contributed by atoms with E-state index in [0.29, 0.717) is 32.1 Å². The Kier molecular flexibility index (Phi) is 49.5. The van der Waals surface area contributed by atoms with E-state index < -0.39 is 102 Å². The molecule has 0 aliphatic carbocycles. The van der Waals surface area contributed by atoms with Gasteiger partial charge in [0.1, 0.15) is 48.8 Å². The first-order chi connectivity index (χ1) is 42.0. The molecule has 8 N–H and O–H groups in total. The van der Waals surface area contributed by atoms with Gasteiger partial charge in [-0.3, -0.25) is 13.8 Å². The van der Waals surface area contributed by atoms with Gasteiger partial charge >= 0.3 is 15.6 Å². The third-order valence-electron chi connectivity index (χ3n) is 16.6. The fraction of sp³-hybridized carbons (Fsp3) is 0.954. The zero-order valence-electron chi connectivity index (χ0n) is 54.8. The Hall–Kier alpha value is -0.970. The predicted octanol–water partition coefficient (Wildman–Crippen LogP) is 13.6. The Balaban J connectivity index is 2.41. The number of aliphatic hydroxyl groups excluding tert-OH is 3. The second-order valence-electron chi connectivity index (χ2n) is 24.7. The first kappa shape index (κ1) is 82.1. The maximum atomic E-state index is 14.1. The number of rotatable bonds is 59. The summed E-state index contributed by atoms with van der Waals surface area (Å²) in [7, 11) is -9.20. The van der Waals surface area contributed by atoms with Crippen LogP contribution in [0.3, 0.4) is 0 Å². The Bertz CT molecular complexity index is 1750. The maximum absolute atomic E-state index is 14.1. The van der Waals surface area contributed by atoms with Crippen molar-refractivity contribution in [2.45, 2.75) is 358 Å². The van der Waals surface area contributed by atoms with Crippen LogP contribution in [-0.2, 0) is 56.1 Å². The highest BCUT2D eigenvalue weighted by atomic mass is 31.2. The van der Waals surface area contributed by atoms with Crippen molar-refractivity contribution in [3.63, 3.8) is 0 Å². The number of methoxy groups -OCH3 is 1. The van der Waals surface area contributed by atoms with Crippen molar-refractivity contribution in [2.24, 2.45) is 0 Å². The van der Waals surface area contributed by atoms with Crippen molar-refractivity contribution in [3.05, 3.63) is 12.2 Å². The molecule has 12 atom stereocenters. The summed E-state index contributed by atoms with van der Waals surface area (Å²) < 4.78 is 79.6. The third-order valence-corrected chi connectivity index (χ3v) is 17.6. The summed E-state index contributed by atoms with van der Waals surface area (Å²) in [6.07, 6.45) is 28.9. The van der Waals surface area contributed by atoms with Gasteiger partial charge in [-0.05, 0) is 57.8 Å². The molecule has 2 aliphatic rings. The van der Waals surface area contributed by atoms with Gasteiger partial charge in [0.25, 0.3) is 0 Å². The van der Waals surface area contributed by atoms with Crippen molar-refractivity contribution in [3.8, 4) is 0 Å². The number of phosphoric acid groups is 2. The van der Waals surface area contributed by atoms with E-state index in [2.05, 4.69) is 45.2 Å². The lowest BCUT2D eigenvalue weighted by atomic mass is 9.95. The van der Waals surface area contributed by atoms with Gasteiger partial charge in [0, 0.05) is 26.9 Å². The van der Waals surface area contributed by atoms with Gasteiger partial charge in [-0.15, -0.1) is 0 Å². The number of hydrogen-bond acceptors (Lipinski definition) is 15. The highest BCUT2D eigenvalue weighted by molar-refractivity contribution is 7.46. The molecule has 87 heavy (non-hydrogen) atoms. The minimum absolute atomic E-state index is 0.134. The van der Waals surface area contributed by atoms with Crippen molar-refractivity contribution >= 4 is 21.6 Å². The number of carbonyl (C=O) groups excluding carboxylic acids is 1. The summed E-state index contributed by atoms with van der Waals surface area (Å²) >= 11 is 0. The quantitative estimate of drug-likeness (QED) is 0.0159. The summed E-state index contributed by atoms with van der Waals surface area (Å²) in [6.45, 7) is 8.12. The molecule has 2 aliphatic heterocycles. The van der Waals surface area contributed by atoms with Crippen LogP contribution in [0.2, 0.25) is 0 Å². The number of aliphatic hydroxyl groups is 3. The first-order valence-electron chi connectivity index (χ1n) is 34.7. The molecular weight excluding hydrogens is 1160 g/mol. The molecule has 2 heterocycles. The molecule has 0 spiro atoms. The molecule has 0 unspecified atom stereocenters. The second-order valence-corrected chi connectivity index (χ2v) is 27.0. The van der Waals surface area contributed by atoms with E-state index in [1.807, 2.05) is 0 Å². The number of ether oxygens (including phenoxy) is 7. The number of allylic oxidation sites excluding steroid dienone is 2. The first-order valence-corrected chi connectivity index (χ1v) is 37.8. The van der Waals surface area contributed by atoms with Crippen molar-refractivity contribution in [1.29, 1.82) is 0 Å². The lowest BCUT2D eigenvalue weighted by molar-refractivity contribution is -0.319. The number of hydrogen-bond donors (Lipinski definition) is 8. The van der Waals surface area contributed by atoms with E-state index in [1.165, 1.54) is 97.0 Å². The van der Waals surface area contributed by atoms with Crippen LogP contribution < -0.4 is 5.32 Å². The van der Waals surface area contributed by atoms with Crippen molar-refractivity contribution in [2.75, 3.05) is 40.1 Å². The molecule has 1 amide bonds. The molecule has 0 radical (unpaired) electrons. The molecule has 0 aromatic heterocycles. The second kappa shape index (κ2) is 52.4. The number of unbranched alkanes of at least 4 members (excludes halogenated alkanes) is 31. The Morgan fingerprint density at radius 1 is 0.460 bits per heavy atom. The van der Waals surface area contributed by atoms with Gasteiger partial charge in [0.05, 0.1) is 31.8 Å². The van der Waals surface area contributed by atoms with Gasteiger partial charge in [-0.25, -0.2) is 9.13 Å². The molecule has 22 heteroatoms. The Morgan fingerprint density at radius 3 is 1.36 bits per heavy atom. The fourth-order valence-corrected chi connectivity index (χ4v) is 12.5. The summed E-state index contributed by atoms with van der Waals surface area (Å²) in [5.74, 6) is -0.654. The summed E-state index contributed by atoms with van der Waals surface area (Å²) in [4.78, 5) is 55.2. The summed E-state index contributed by atoms with van der Waals surface area (Å²) in [5.41, 5.74) is 0. The zero-order valence-corrected chi connectivity index (χ0v) is 56.6. The number of nitrogens with one attached hydrogen (secondary N) is 1. The lowest BCUT2D eigenvalue weighted by Crippen LogP contribution is -2.67. The lowest BCUT2D eigenvalue weighted by Gasteiger charge is -2.47. The largest absolute Gasteiger partial charge is 0.472 e. The smallest absolute Gasteiger partial charge is 0.393 e. The average Bonchev–Trinajstić information content (AvgIpc) is 1.14. The highest BCUT2D eigenvalue weighted by Gasteiger charge is 2.53. The van der Waals surface area contributed by atoms with Crippen LogP contribution >= 0.6 is 15.6 Å². The van der Waals surface area contributed by atoms with Crippen molar-refractivity contribution < 1.29 is 91.0 Å². The predicted molar refractivity (Wildman–Crippen MR) is 341 cm³/mol. The molecule has 2 saturated heterocycles. The highest BCUT2D eigenvalue weighted by Crippen LogP contribution is 2.44. The van der Waals surface area contributed by atoms with Crippen LogP contribution in [0.4, 0.5) is 0 Å². The van der Waals surface area contributed by atoms with E-state index in [0.717, 1.165) is 122 Å². The van der Waals surface area contributed by atoms with E-state index in [-0.39, 0.29) is 39.3 Å². The number of carbonyl (C=O) groups is 1. The van der Waals surface area contributed by atoms with Crippen LogP contribution in [0, 0.1) is 0 Å². The van der Waals surface area contributed by atoms with Crippen LogP contribution in [0.1, 0.15) is 285 Å². The molecule has 2 fully saturated rings. The van der Waals surface area contributed by atoms with Crippen LogP contribution in [0.15, 0.2) is 12.2 Å². The van der Waals surface area contributed by atoms with Crippen molar-refractivity contribution in [1.82, 2.24) is 5.32 Å². The topological polar surface area (TPSA) is 288 Å². The minimum atomic E-state index is -5.29. The number of phosphoric ester groups is 2. The van der Waals surface area contributed by atoms with E-state index in [1.54, 1.807) is 0 Å². The minimum Gasteiger partial charge on any atom is -0.393 e. The maximum Gasteiger partial charge on any atom is 0.472 e. The summed E-state index contributed by atoms with van der Waals surface area (Å²) in [6, 6.07) is -1.41. The monoisotopic (exact) mass is 1290 g/mol. The normalized spacial score (nSPS) is 23.6. The molecule has 2 rings (SSSR count). The molecule has 516 valence electrons. The van der Waals surface area contributed by atoms with Gasteiger partial charge in [-0.1, -0.05) is 232 Å². The van der Waals surface area contributed by atoms with Gasteiger partial charge in [0.2, 0.25) is 5.91 Å². The molecule has 0 aromatic carbocycles. The summed E-state index contributed by atoms with van der Waals surface area (Å²) in [5, 5.41) is 37.3. The zero-order chi connectivity index (χ0) is 63.8. The molecule has 0 bridgehead atoms. The van der Waals surface area contributed by atoms with Crippen LogP contribution in [-0.4, -0.2) is 155 Å². The Morgan fingerprint density at radius 2 is 0.874 bits per heavy atom.